The second-order valence-corrected chi connectivity index (χ2v) is 7.98. The molecule has 1 atom stereocenters. The zero-order valence-electron chi connectivity index (χ0n) is 14.5. The van der Waals surface area contributed by atoms with Crippen LogP contribution in [0.3, 0.4) is 0 Å². The lowest BCUT2D eigenvalue weighted by Gasteiger charge is -2.27. The van der Waals surface area contributed by atoms with Gasteiger partial charge in [-0.1, -0.05) is 30.3 Å². The molecule has 2 aromatic rings. The predicted molar refractivity (Wildman–Crippen MR) is 101 cm³/mol. The number of anilines is 1. The van der Waals surface area contributed by atoms with Crippen molar-refractivity contribution in [3.8, 4) is 0 Å². The van der Waals surface area contributed by atoms with Gasteiger partial charge >= 0.3 is 0 Å². The van der Waals surface area contributed by atoms with E-state index in [2.05, 4.69) is 9.62 Å². The number of aliphatic hydroxyl groups is 1. The van der Waals surface area contributed by atoms with Crippen molar-refractivity contribution in [2.45, 2.75) is 17.4 Å². The summed E-state index contributed by atoms with van der Waals surface area (Å²) in [7, 11) is -3.60. The monoisotopic (exact) mass is 376 g/mol. The van der Waals surface area contributed by atoms with E-state index in [1.807, 2.05) is 0 Å². The SMILES string of the molecule is O=S(=O)(Nc1ccc(C(O)CCN2CCOCC2)cc1)c1ccccc1. The van der Waals surface area contributed by atoms with Gasteiger partial charge in [0.15, 0.2) is 0 Å². The largest absolute Gasteiger partial charge is 0.388 e. The summed E-state index contributed by atoms with van der Waals surface area (Å²) in [6.07, 6.45) is 0.0624. The molecule has 1 saturated heterocycles. The zero-order valence-corrected chi connectivity index (χ0v) is 15.4. The minimum atomic E-state index is -3.60. The summed E-state index contributed by atoms with van der Waals surface area (Å²) in [5.41, 5.74) is 1.25. The van der Waals surface area contributed by atoms with Crippen LogP contribution in [0, 0.1) is 0 Å². The molecule has 0 aliphatic carbocycles. The molecule has 26 heavy (non-hydrogen) atoms. The topological polar surface area (TPSA) is 78.9 Å². The van der Waals surface area contributed by atoms with E-state index in [1.54, 1.807) is 54.6 Å². The fourth-order valence-corrected chi connectivity index (χ4v) is 3.96. The number of nitrogens with one attached hydrogen (secondary N) is 1. The Balaban J connectivity index is 1.57. The molecule has 2 N–H and O–H groups in total. The van der Waals surface area contributed by atoms with Crippen LogP contribution in [0.2, 0.25) is 0 Å². The number of benzene rings is 2. The Kier molecular flexibility index (Phi) is 6.26. The van der Waals surface area contributed by atoms with Crippen molar-refractivity contribution in [2.24, 2.45) is 0 Å². The van der Waals surface area contributed by atoms with Gasteiger partial charge in [-0.25, -0.2) is 8.42 Å². The van der Waals surface area contributed by atoms with Crippen LogP contribution in [0.1, 0.15) is 18.1 Å². The second kappa shape index (κ2) is 8.64. The predicted octanol–water partition coefficient (Wildman–Crippen LogP) is 2.24. The maximum absolute atomic E-state index is 12.3. The van der Waals surface area contributed by atoms with Gasteiger partial charge in [0.2, 0.25) is 0 Å². The van der Waals surface area contributed by atoms with Crippen molar-refractivity contribution in [1.29, 1.82) is 0 Å². The lowest BCUT2D eigenvalue weighted by molar-refractivity contribution is 0.0300. The van der Waals surface area contributed by atoms with Crippen LogP contribution in [-0.2, 0) is 14.8 Å². The summed E-state index contributed by atoms with van der Waals surface area (Å²) < 4.78 is 32.5. The molecule has 1 aliphatic heterocycles. The van der Waals surface area contributed by atoms with E-state index in [0.717, 1.165) is 38.4 Å². The molecule has 2 aromatic carbocycles. The molecular formula is C19H24N2O4S. The molecule has 0 bridgehead atoms. The first-order valence-corrected chi connectivity index (χ1v) is 10.2. The van der Waals surface area contributed by atoms with Crippen LogP contribution in [0.5, 0.6) is 0 Å². The summed E-state index contributed by atoms with van der Waals surface area (Å²) in [6, 6.07) is 15.1. The van der Waals surface area contributed by atoms with Gasteiger partial charge in [0.25, 0.3) is 10.0 Å². The molecule has 7 heteroatoms. The van der Waals surface area contributed by atoms with Crippen LogP contribution in [0.15, 0.2) is 59.5 Å². The number of nitrogens with zero attached hydrogens (tertiary/aromatic N) is 1. The lowest BCUT2D eigenvalue weighted by Crippen LogP contribution is -2.37. The Morgan fingerprint density at radius 3 is 2.35 bits per heavy atom. The molecule has 1 heterocycles. The number of ether oxygens (including phenoxy) is 1. The van der Waals surface area contributed by atoms with Gasteiger partial charge in [-0.3, -0.25) is 9.62 Å². The molecule has 1 unspecified atom stereocenters. The minimum absolute atomic E-state index is 0.217. The highest BCUT2D eigenvalue weighted by atomic mass is 32.2. The van der Waals surface area contributed by atoms with Crippen molar-refractivity contribution in [3.63, 3.8) is 0 Å². The fourth-order valence-electron chi connectivity index (χ4n) is 2.88. The van der Waals surface area contributed by atoms with E-state index < -0.39 is 16.1 Å². The van der Waals surface area contributed by atoms with Crippen molar-refractivity contribution in [2.75, 3.05) is 37.6 Å². The van der Waals surface area contributed by atoms with Crippen molar-refractivity contribution in [3.05, 3.63) is 60.2 Å². The zero-order chi connectivity index (χ0) is 18.4. The summed E-state index contributed by atoms with van der Waals surface area (Å²) in [5, 5.41) is 10.4. The van der Waals surface area contributed by atoms with E-state index in [1.165, 1.54) is 0 Å². The van der Waals surface area contributed by atoms with Gasteiger partial charge in [0, 0.05) is 25.3 Å². The third-order valence-corrected chi connectivity index (χ3v) is 5.82. The van der Waals surface area contributed by atoms with E-state index in [-0.39, 0.29) is 4.90 Å². The van der Waals surface area contributed by atoms with Crippen LogP contribution in [0.4, 0.5) is 5.69 Å². The second-order valence-electron chi connectivity index (χ2n) is 6.30. The highest BCUT2D eigenvalue weighted by molar-refractivity contribution is 7.92. The minimum Gasteiger partial charge on any atom is -0.388 e. The maximum Gasteiger partial charge on any atom is 0.261 e. The molecule has 0 amide bonds. The molecule has 0 saturated carbocycles. The first-order chi connectivity index (χ1) is 12.5. The van der Waals surface area contributed by atoms with Crippen molar-refractivity contribution in [1.82, 2.24) is 4.90 Å². The number of rotatable bonds is 7. The van der Waals surface area contributed by atoms with Crippen LogP contribution in [0.25, 0.3) is 0 Å². The summed E-state index contributed by atoms with van der Waals surface area (Å²) >= 11 is 0. The molecule has 1 aliphatic rings. The number of hydrogen-bond acceptors (Lipinski definition) is 5. The summed E-state index contributed by atoms with van der Waals surface area (Å²) in [5.74, 6) is 0. The number of hydrogen-bond donors (Lipinski definition) is 2. The average molecular weight is 376 g/mol. The molecule has 0 radical (unpaired) electrons. The smallest absolute Gasteiger partial charge is 0.261 e. The van der Waals surface area contributed by atoms with Crippen LogP contribution in [-0.4, -0.2) is 51.3 Å². The molecule has 0 aromatic heterocycles. The van der Waals surface area contributed by atoms with Crippen LogP contribution < -0.4 is 4.72 Å². The first-order valence-electron chi connectivity index (χ1n) is 8.70. The molecule has 3 rings (SSSR count). The Morgan fingerprint density at radius 1 is 1.04 bits per heavy atom. The quantitative estimate of drug-likeness (QED) is 0.775. The van der Waals surface area contributed by atoms with E-state index in [4.69, 9.17) is 4.74 Å². The maximum atomic E-state index is 12.3. The number of sulfonamides is 1. The molecule has 140 valence electrons. The summed E-state index contributed by atoms with van der Waals surface area (Å²) in [6.45, 7) is 4.09. The Labute approximate surface area is 154 Å². The van der Waals surface area contributed by atoms with E-state index in [9.17, 15) is 13.5 Å². The molecule has 6 nitrogen and oxygen atoms in total. The fraction of sp³-hybridized carbons (Fsp3) is 0.368. The standard InChI is InChI=1S/C19H24N2O4S/c22-19(10-11-21-12-14-25-15-13-21)16-6-8-17(9-7-16)20-26(23,24)18-4-2-1-3-5-18/h1-9,19-20,22H,10-15H2. The Hall–Kier alpha value is -1.93. The van der Waals surface area contributed by atoms with E-state index >= 15 is 0 Å². The molecular weight excluding hydrogens is 352 g/mol. The highest BCUT2D eigenvalue weighted by Gasteiger charge is 2.15. The van der Waals surface area contributed by atoms with Crippen LogP contribution >= 0.6 is 0 Å². The molecule has 0 spiro atoms. The van der Waals surface area contributed by atoms with Gasteiger partial charge in [-0.15, -0.1) is 0 Å². The normalized spacial score (nSPS) is 17.0. The number of aliphatic hydroxyl groups excluding tert-OH is 1. The van der Waals surface area contributed by atoms with Crippen molar-refractivity contribution < 1.29 is 18.3 Å². The van der Waals surface area contributed by atoms with Gasteiger partial charge < -0.3 is 9.84 Å². The van der Waals surface area contributed by atoms with E-state index in [0.29, 0.717) is 12.1 Å². The van der Waals surface area contributed by atoms with Gasteiger partial charge in [-0.2, -0.15) is 0 Å². The average Bonchev–Trinajstić information content (AvgIpc) is 2.68. The van der Waals surface area contributed by atoms with Gasteiger partial charge in [0.1, 0.15) is 0 Å². The summed E-state index contributed by atoms with van der Waals surface area (Å²) in [4.78, 5) is 2.49. The Bertz CT molecular complexity index is 788. The lowest BCUT2D eigenvalue weighted by atomic mass is 10.1. The number of morpholine rings is 1. The van der Waals surface area contributed by atoms with Crippen molar-refractivity contribution >= 4 is 15.7 Å². The van der Waals surface area contributed by atoms with Gasteiger partial charge in [-0.05, 0) is 36.2 Å². The molecule has 1 fully saturated rings. The third kappa shape index (κ3) is 5.04. The highest BCUT2D eigenvalue weighted by Crippen LogP contribution is 2.21. The first kappa shape index (κ1) is 18.8. The van der Waals surface area contributed by atoms with Gasteiger partial charge in [0.05, 0.1) is 24.2 Å². The Morgan fingerprint density at radius 2 is 1.69 bits per heavy atom. The third-order valence-electron chi connectivity index (χ3n) is 4.42.